The van der Waals surface area contributed by atoms with Gasteiger partial charge >= 0.3 is 6.18 Å². The topological polar surface area (TPSA) is 53.1 Å². The van der Waals surface area contributed by atoms with Crippen LogP contribution in [0.15, 0.2) is 6.07 Å². The molecule has 2 heterocycles. The monoisotopic (exact) mass is 303 g/mol. The third-order valence-electron chi connectivity index (χ3n) is 3.53. The van der Waals surface area contributed by atoms with Crippen LogP contribution in [0.4, 0.5) is 24.8 Å². The van der Waals surface area contributed by atoms with E-state index in [0.717, 1.165) is 25.9 Å². The number of hydrogen-bond donors (Lipinski definition) is 2. The maximum Gasteiger partial charge on any atom is 0.451 e. The number of halogens is 3. The quantitative estimate of drug-likeness (QED) is 0.894. The molecule has 5 nitrogen and oxygen atoms in total. The van der Waals surface area contributed by atoms with Gasteiger partial charge in [-0.05, 0) is 32.4 Å². The van der Waals surface area contributed by atoms with E-state index < -0.39 is 12.0 Å². The highest BCUT2D eigenvalue weighted by Crippen LogP contribution is 2.28. The van der Waals surface area contributed by atoms with E-state index >= 15 is 0 Å². The Kier molecular flexibility index (Phi) is 4.87. The number of alkyl halides is 3. The summed E-state index contributed by atoms with van der Waals surface area (Å²) >= 11 is 0. The minimum absolute atomic E-state index is 0.153. The van der Waals surface area contributed by atoms with Gasteiger partial charge in [0.1, 0.15) is 11.6 Å². The van der Waals surface area contributed by atoms with Gasteiger partial charge in [-0.25, -0.2) is 9.97 Å². The SMILES string of the molecule is CNc1cc(NCC2CCCN(C)C2)nc(C(F)(F)F)n1. The first-order chi connectivity index (χ1) is 9.88. The number of likely N-dealkylation sites (tertiary alicyclic amines) is 1. The Morgan fingerprint density at radius 2 is 2.05 bits per heavy atom. The number of piperidine rings is 1. The number of rotatable bonds is 4. The summed E-state index contributed by atoms with van der Waals surface area (Å²) in [5.74, 6) is -0.348. The van der Waals surface area contributed by atoms with Crippen molar-refractivity contribution in [1.82, 2.24) is 14.9 Å². The maximum atomic E-state index is 12.7. The minimum atomic E-state index is -4.55. The van der Waals surface area contributed by atoms with Gasteiger partial charge in [-0.1, -0.05) is 0 Å². The van der Waals surface area contributed by atoms with Crippen LogP contribution in [-0.4, -0.2) is 48.6 Å². The second kappa shape index (κ2) is 6.46. The predicted molar refractivity (Wildman–Crippen MR) is 75.3 cm³/mol. The lowest BCUT2D eigenvalue weighted by Gasteiger charge is -2.29. The van der Waals surface area contributed by atoms with E-state index in [4.69, 9.17) is 0 Å². The van der Waals surface area contributed by atoms with Crippen LogP contribution in [0.2, 0.25) is 0 Å². The summed E-state index contributed by atoms with van der Waals surface area (Å²) in [6.07, 6.45) is -2.36. The third kappa shape index (κ3) is 4.45. The van der Waals surface area contributed by atoms with Crippen molar-refractivity contribution in [2.75, 3.05) is 44.4 Å². The average molecular weight is 303 g/mol. The molecule has 0 spiro atoms. The van der Waals surface area contributed by atoms with Crippen LogP contribution < -0.4 is 10.6 Å². The van der Waals surface area contributed by atoms with E-state index in [0.29, 0.717) is 12.5 Å². The smallest absolute Gasteiger partial charge is 0.373 e. The lowest BCUT2D eigenvalue weighted by Crippen LogP contribution is -2.35. The molecule has 1 aliphatic heterocycles. The van der Waals surface area contributed by atoms with Crippen molar-refractivity contribution in [1.29, 1.82) is 0 Å². The zero-order valence-corrected chi connectivity index (χ0v) is 12.2. The van der Waals surface area contributed by atoms with E-state index in [1.165, 1.54) is 13.1 Å². The summed E-state index contributed by atoms with van der Waals surface area (Å²) in [5, 5.41) is 5.63. The zero-order valence-electron chi connectivity index (χ0n) is 12.2. The van der Waals surface area contributed by atoms with Gasteiger partial charge in [-0.2, -0.15) is 13.2 Å². The molecule has 1 atom stereocenters. The number of nitrogens with one attached hydrogen (secondary N) is 2. The highest BCUT2D eigenvalue weighted by atomic mass is 19.4. The van der Waals surface area contributed by atoms with Crippen molar-refractivity contribution in [2.45, 2.75) is 19.0 Å². The summed E-state index contributed by atoms with van der Waals surface area (Å²) in [7, 11) is 3.58. The van der Waals surface area contributed by atoms with E-state index in [9.17, 15) is 13.2 Å². The molecule has 2 rings (SSSR count). The van der Waals surface area contributed by atoms with Gasteiger partial charge in [-0.15, -0.1) is 0 Å². The van der Waals surface area contributed by atoms with Crippen molar-refractivity contribution in [3.05, 3.63) is 11.9 Å². The molecule has 0 saturated carbocycles. The molecule has 8 heteroatoms. The molecule has 0 bridgehead atoms. The number of aromatic nitrogens is 2. The molecule has 118 valence electrons. The Hall–Kier alpha value is -1.57. The van der Waals surface area contributed by atoms with Crippen LogP contribution in [-0.2, 0) is 6.18 Å². The predicted octanol–water partition coefficient (Wildman–Crippen LogP) is 2.29. The lowest BCUT2D eigenvalue weighted by atomic mass is 9.98. The van der Waals surface area contributed by atoms with Crippen LogP contribution in [0.1, 0.15) is 18.7 Å². The average Bonchev–Trinajstić information content (AvgIpc) is 2.44. The standard InChI is InChI=1S/C13H20F3N5/c1-17-10-6-11(20-12(19-10)13(14,15)16)18-7-9-4-3-5-21(2)8-9/h6,9H,3-5,7-8H2,1-2H3,(H2,17,18,19,20). The van der Waals surface area contributed by atoms with Crippen molar-refractivity contribution >= 4 is 11.6 Å². The first-order valence-electron chi connectivity index (χ1n) is 6.95. The summed E-state index contributed by atoms with van der Waals surface area (Å²) in [4.78, 5) is 9.22. The van der Waals surface area contributed by atoms with Gasteiger partial charge in [0, 0.05) is 26.2 Å². The Morgan fingerprint density at radius 3 is 2.67 bits per heavy atom. The summed E-state index contributed by atoms with van der Waals surface area (Å²) in [5.41, 5.74) is 0. The molecule has 1 unspecified atom stereocenters. The molecule has 0 amide bonds. The van der Waals surface area contributed by atoms with Crippen LogP contribution >= 0.6 is 0 Å². The van der Waals surface area contributed by atoms with Crippen molar-refractivity contribution in [3.8, 4) is 0 Å². The second-order valence-electron chi connectivity index (χ2n) is 5.36. The largest absolute Gasteiger partial charge is 0.451 e. The van der Waals surface area contributed by atoms with Gasteiger partial charge in [0.05, 0.1) is 0 Å². The fourth-order valence-electron chi connectivity index (χ4n) is 2.48. The van der Waals surface area contributed by atoms with E-state index in [1.54, 1.807) is 0 Å². The minimum Gasteiger partial charge on any atom is -0.373 e. The molecular formula is C13H20F3N5. The van der Waals surface area contributed by atoms with Crippen molar-refractivity contribution in [2.24, 2.45) is 5.92 Å². The summed E-state index contributed by atoms with van der Waals surface area (Å²) < 4.78 is 38.2. The molecule has 1 aromatic heterocycles. The molecule has 1 aromatic rings. The van der Waals surface area contributed by atoms with Crippen LogP contribution in [0, 0.1) is 5.92 Å². The first-order valence-corrected chi connectivity index (χ1v) is 6.95. The molecule has 0 aliphatic carbocycles. The van der Waals surface area contributed by atoms with Gasteiger partial charge < -0.3 is 15.5 Å². The molecule has 0 aromatic carbocycles. The van der Waals surface area contributed by atoms with Crippen LogP contribution in [0.5, 0.6) is 0 Å². The van der Waals surface area contributed by atoms with Crippen molar-refractivity contribution < 1.29 is 13.2 Å². The lowest BCUT2D eigenvalue weighted by molar-refractivity contribution is -0.144. The summed E-state index contributed by atoms with van der Waals surface area (Å²) in [6, 6.07) is 1.49. The maximum absolute atomic E-state index is 12.7. The Morgan fingerprint density at radius 1 is 1.33 bits per heavy atom. The fraction of sp³-hybridized carbons (Fsp3) is 0.692. The van der Waals surface area contributed by atoms with Crippen LogP contribution in [0.25, 0.3) is 0 Å². The molecule has 2 N–H and O–H groups in total. The zero-order chi connectivity index (χ0) is 15.5. The Bertz CT molecular complexity index is 477. The van der Waals surface area contributed by atoms with Gasteiger partial charge in [0.15, 0.2) is 0 Å². The van der Waals surface area contributed by atoms with E-state index in [1.807, 2.05) is 0 Å². The molecule has 1 saturated heterocycles. The number of anilines is 2. The number of hydrogen-bond acceptors (Lipinski definition) is 5. The second-order valence-corrected chi connectivity index (χ2v) is 5.36. The normalized spacial score (nSPS) is 20.3. The number of nitrogens with zero attached hydrogens (tertiary/aromatic N) is 3. The first kappa shape index (κ1) is 15.8. The molecule has 21 heavy (non-hydrogen) atoms. The van der Waals surface area contributed by atoms with Crippen molar-refractivity contribution in [3.63, 3.8) is 0 Å². The highest BCUT2D eigenvalue weighted by Gasteiger charge is 2.35. The third-order valence-corrected chi connectivity index (χ3v) is 3.53. The molecule has 1 aliphatic rings. The van der Waals surface area contributed by atoms with Gasteiger partial charge in [-0.3, -0.25) is 0 Å². The summed E-state index contributed by atoms with van der Waals surface area (Å²) in [6.45, 7) is 2.64. The highest BCUT2D eigenvalue weighted by molar-refractivity contribution is 5.47. The van der Waals surface area contributed by atoms with Crippen LogP contribution in [0.3, 0.4) is 0 Å². The molecule has 1 fully saturated rings. The Labute approximate surface area is 122 Å². The fourth-order valence-corrected chi connectivity index (χ4v) is 2.48. The van der Waals surface area contributed by atoms with Gasteiger partial charge in [0.2, 0.25) is 5.82 Å². The molecule has 0 radical (unpaired) electrons. The van der Waals surface area contributed by atoms with E-state index in [2.05, 4.69) is 32.5 Å². The Balaban J connectivity index is 2.05. The van der Waals surface area contributed by atoms with E-state index in [-0.39, 0.29) is 11.6 Å². The molecular weight excluding hydrogens is 283 g/mol. The van der Waals surface area contributed by atoms with Gasteiger partial charge in [0.25, 0.3) is 0 Å².